The van der Waals surface area contributed by atoms with E-state index in [1.54, 1.807) is 11.3 Å². The van der Waals surface area contributed by atoms with E-state index < -0.39 is 0 Å². The monoisotopic (exact) mass is 353 g/mol. The molecule has 0 aliphatic rings. The van der Waals surface area contributed by atoms with Gasteiger partial charge in [0.25, 0.3) is 0 Å². The SMILES string of the molecule is Cc1ccc(C)c(NC(=O)CN(C)c2nc3c(C)ccc(C)c3s2)c1. The van der Waals surface area contributed by atoms with E-state index >= 15 is 0 Å². The van der Waals surface area contributed by atoms with Gasteiger partial charge in [-0.1, -0.05) is 35.6 Å². The van der Waals surface area contributed by atoms with Crippen LogP contribution < -0.4 is 10.2 Å². The molecule has 0 aliphatic carbocycles. The fourth-order valence-electron chi connectivity index (χ4n) is 2.75. The smallest absolute Gasteiger partial charge is 0.243 e. The largest absolute Gasteiger partial charge is 0.342 e. The van der Waals surface area contributed by atoms with Gasteiger partial charge in [-0.3, -0.25) is 4.79 Å². The molecule has 0 saturated carbocycles. The number of nitrogens with zero attached hydrogens (tertiary/aromatic N) is 2. The summed E-state index contributed by atoms with van der Waals surface area (Å²) in [6, 6.07) is 10.3. The third-order valence-electron chi connectivity index (χ3n) is 4.31. The van der Waals surface area contributed by atoms with Crippen molar-refractivity contribution >= 4 is 38.3 Å². The van der Waals surface area contributed by atoms with Crippen molar-refractivity contribution < 1.29 is 4.79 Å². The minimum atomic E-state index is -0.0381. The normalized spacial score (nSPS) is 10.9. The number of likely N-dealkylation sites (N-methyl/N-ethyl adjacent to an activating group) is 1. The van der Waals surface area contributed by atoms with Crippen LogP contribution in [0.15, 0.2) is 30.3 Å². The molecule has 0 radical (unpaired) electrons. The van der Waals surface area contributed by atoms with Gasteiger partial charge in [-0.15, -0.1) is 0 Å². The van der Waals surface area contributed by atoms with Crippen LogP contribution in [0.2, 0.25) is 0 Å². The van der Waals surface area contributed by atoms with E-state index in [1.807, 2.05) is 44.0 Å². The second-order valence-corrected chi connectivity index (χ2v) is 7.57. The molecule has 1 amide bonds. The highest BCUT2D eigenvalue weighted by Gasteiger charge is 2.15. The van der Waals surface area contributed by atoms with Crippen LogP contribution in [-0.2, 0) is 4.79 Å². The average Bonchev–Trinajstić information content (AvgIpc) is 3.01. The average molecular weight is 353 g/mol. The second kappa shape index (κ2) is 6.84. The maximum absolute atomic E-state index is 12.4. The van der Waals surface area contributed by atoms with E-state index in [4.69, 9.17) is 4.98 Å². The number of nitrogens with one attached hydrogen (secondary N) is 1. The lowest BCUT2D eigenvalue weighted by Crippen LogP contribution is -2.30. The van der Waals surface area contributed by atoms with Gasteiger partial charge in [-0.25, -0.2) is 4.98 Å². The summed E-state index contributed by atoms with van der Waals surface area (Å²) in [5.74, 6) is -0.0381. The standard InChI is InChI=1S/C20H23N3OS/c1-12-6-7-13(2)16(10-12)21-17(24)11-23(5)20-22-18-14(3)8-9-15(4)19(18)25-20/h6-10H,11H2,1-5H3,(H,21,24). The summed E-state index contributed by atoms with van der Waals surface area (Å²) >= 11 is 1.63. The summed E-state index contributed by atoms with van der Waals surface area (Å²) in [6.45, 7) is 8.45. The maximum atomic E-state index is 12.4. The first-order chi connectivity index (χ1) is 11.8. The minimum Gasteiger partial charge on any atom is -0.342 e. The zero-order valence-corrected chi connectivity index (χ0v) is 16.1. The molecule has 25 heavy (non-hydrogen) atoms. The van der Waals surface area contributed by atoms with Crippen LogP contribution in [-0.4, -0.2) is 24.5 Å². The highest BCUT2D eigenvalue weighted by atomic mass is 32.1. The lowest BCUT2D eigenvalue weighted by atomic mass is 10.1. The fraction of sp³-hybridized carbons (Fsp3) is 0.300. The van der Waals surface area contributed by atoms with Crippen molar-refractivity contribution in [1.82, 2.24) is 4.98 Å². The first kappa shape index (κ1) is 17.4. The van der Waals surface area contributed by atoms with Crippen molar-refractivity contribution in [3.63, 3.8) is 0 Å². The number of rotatable bonds is 4. The molecule has 2 aromatic carbocycles. The zero-order valence-electron chi connectivity index (χ0n) is 15.3. The van der Waals surface area contributed by atoms with Crippen molar-refractivity contribution in [1.29, 1.82) is 0 Å². The number of aromatic nitrogens is 1. The molecule has 0 atom stereocenters. The highest BCUT2D eigenvalue weighted by molar-refractivity contribution is 7.22. The van der Waals surface area contributed by atoms with Crippen LogP contribution in [0.5, 0.6) is 0 Å². The third-order valence-corrected chi connectivity index (χ3v) is 5.61. The third kappa shape index (κ3) is 3.66. The summed E-state index contributed by atoms with van der Waals surface area (Å²) in [5, 5.41) is 3.87. The molecule has 0 fully saturated rings. The van der Waals surface area contributed by atoms with Crippen LogP contribution in [0.25, 0.3) is 10.2 Å². The van der Waals surface area contributed by atoms with Crippen molar-refractivity contribution in [3.05, 3.63) is 52.6 Å². The first-order valence-corrected chi connectivity index (χ1v) is 9.12. The molecule has 130 valence electrons. The summed E-state index contributed by atoms with van der Waals surface area (Å²) in [6.07, 6.45) is 0. The Morgan fingerprint density at radius 3 is 2.48 bits per heavy atom. The number of hydrogen-bond donors (Lipinski definition) is 1. The van der Waals surface area contributed by atoms with Gasteiger partial charge in [-0.2, -0.15) is 0 Å². The first-order valence-electron chi connectivity index (χ1n) is 8.30. The number of carbonyl (C=O) groups is 1. The molecule has 0 bridgehead atoms. The summed E-state index contributed by atoms with van der Waals surface area (Å²) in [4.78, 5) is 19.1. The predicted octanol–water partition coefficient (Wildman–Crippen LogP) is 4.60. The van der Waals surface area contributed by atoms with Crippen molar-refractivity contribution in [2.45, 2.75) is 27.7 Å². The van der Waals surface area contributed by atoms with E-state index in [0.717, 1.165) is 33.0 Å². The number of fused-ring (bicyclic) bond motifs is 1. The predicted molar refractivity (Wildman–Crippen MR) is 107 cm³/mol. The van der Waals surface area contributed by atoms with Gasteiger partial charge in [0.15, 0.2) is 5.13 Å². The van der Waals surface area contributed by atoms with E-state index in [1.165, 1.54) is 10.3 Å². The highest BCUT2D eigenvalue weighted by Crippen LogP contribution is 2.32. The van der Waals surface area contributed by atoms with Gasteiger partial charge in [0, 0.05) is 12.7 Å². The minimum absolute atomic E-state index is 0.0381. The molecular formula is C20H23N3OS. The van der Waals surface area contributed by atoms with E-state index in [-0.39, 0.29) is 12.5 Å². The summed E-state index contributed by atoms with van der Waals surface area (Å²) in [7, 11) is 1.91. The van der Waals surface area contributed by atoms with Gasteiger partial charge < -0.3 is 10.2 Å². The van der Waals surface area contributed by atoms with Crippen molar-refractivity contribution in [2.24, 2.45) is 0 Å². The number of carbonyl (C=O) groups excluding carboxylic acids is 1. The van der Waals surface area contributed by atoms with Crippen LogP contribution >= 0.6 is 11.3 Å². The van der Waals surface area contributed by atoms with Crippen LogP contribution in [0.1, 0.15) is 22.3 Å². The van der Waals surface area contributed by atoms with E-state index in [0.29, 0.717) is 0 Å². The second-order valence-electron chi connectivity index (χ2n) is 6.60. The van der Waals surface area contributed by atoms with Crippen LogP contribution in [0, 0.1) is 27.7 Å². The Hall–Kier alpha value is -2.40. The molecule has 0 spiro atoms. The molecular weight excluding hydrogens is 330 g/mol. The number of aryl methyl sites for hydroxylation is 4. The molecule has 3 aromatic rings. The Bertz CT molecular complexity index is 907. The van der Waals surface area contributed by atoms with Crippen molar-refractivity contribution in [3.8, 4) is 0 Å². The van der Waals surface area contributed by atoms with E-state index in [2.05, 4.69) is 31.3 Å². The molecule has 3 rings (SSSR count). The van der Waals surface area contributed by atoms with E-state index in [9.17, 15) is 4.79 Å². The lowest BCUT2D eigenvalue weighted by Gasteiger charge is -2.16. The molecule has 0 saturated heterocycles. The Morgan fingerprint density at radius 1 is 1.08 bits per heavy atom. The van der Waals surface area contributed by atoms with Gasteiger partial charge in [0.05, 0.1) is 16.8 Å². The molecule has 1 N–H and O–H groups in total. The number of amides is 1. The van der Waals surface area contributed by atoms with Gasteiger partial charge >= 0.3 is 0 Å². The summed E-state index contributed by atoms with van der Waals surface area (Å²) in [5.41, 5.74) is 6.48. The number of anilines is 2. The Kier molecular flexibility index (Phi) is 4.77. The maximum Gasteiger partial charge on any atom is 0.243 e. The Morgan fingerprint density at radius 2 is 1.76 bits per heavy atom. The number of thiazole rings is 1. The van der Waals surface area contributed by atoms with Gasteiger partial charge in [-0.05, 0) is 56.0 Å². The number of benzene rings is 2. The topological polar surface area (TPSA) is 45.2 Å². The Labute approximate surface area is 152 Å². The molecule has 4 nitrogen and oxygen atoms in total. The number of hydrogen-bond acceptors (Lipinski definition) is 4. The quantitative estimate of drug-likeness (QED) is 0.745. The fourth-order valence-corrected chi connectivity index (χ4v) is 3.83. The molecule has 1 aromatic heterocycles. The molecule has 0 aliphatic heterocycles. The lowest BCUT2D eigenvalue weighted by molar-refractivity contribution is -0.114. The molecule has 0 unspecified atom stereocenters. The summed E-state index contributed by atoms with van der Waals surface area (Å²) < 4.78 is 1.19. The van der Waals surface area contributed by atoms with Gasteiger partial charge in [0.1, 0.15) is 0 Å². The van der Waals surface area contributed by atoms with Crippen LogP contribution in [0.4, 0.5) is 10.8 Å². The molecule has 1 heterocycles. The van der Waals surface area contributed by atoms with Crippen molar-refractivity contribution in [2.75, 3.05) is 23.8 Å². The Balaban J connectivity index is 1.76. The molecule has 5 heteroatoms. The zero-order chi connectivity index (χ0) is 18.1. The van der Waals surface area contributed by atoms with Gasteiger partial charge in [0.2, 0.25) is 5.91 Å². The van der Waals surface area contributed by atoms with Crippen LogP contribution in [0.3, 0.4) is 0 Å².